The first kappa shape index (κ1) is 20.9. The highest BCUT2D eigenvalue weighted by Crippen LogP contribution is 2.25. The Bertz CT molecular complexity index is 933. The summed E-state index contributed by atoms with van der Waals surface area (Å²) in [6, 6.07) is 5.31. The summed E-state index contributed by atoms with van der Waals surface area (Å²) in [5.41, 5.74) is 0.823. The van der Waals surface area contributed by atoms with Crippen LogP contribution in [-0.4, -0.2) is 28.9 Å². The molecule has 4 rings (SSSR count). The largest absolute Gasteiger partial charge is 0.379 e. The number of halogens is 1. The van der Waals surface area contributed by atoms with E-state index in [1.165, 1.54) is 11.3 Å². The molecule has 0 aromatic carbocycles. The summed E-state index contributed by atoms with van der Waals surface area (Å²) in [4.78, 5) is 31.2. The molecule has 0 radical (unpaired) electrons. The minimum atomic E-state index is -0.496. The lowest BCUT2D eigenvalue weighted by molar-refractivity contribution is -0.123. The predicted octanol–water partition coefficient (Wildman–Crippen LogP) is 4.14. The van der Waals surface area contributed by atoms with Crippen LogP contribution in [0.3, 0.4) is 0 Å². The molecular formula is C22H25ClN4O2S. The molecule has 2 amide bonds. The van der Waals surface area contributed by atoms with Crippen molar-refractivity contribution in [3.8, 4) is 0 Å². The maximum atomic E-state index is 12.8. The van der Waals surface area contributed by atoms with Crippen molar-refractivity contribution in [3.05, 3.63) is 57.5 Å². The van der Waals surface area contributed by atoms with Crippen LogP contribution in [0.15, 0.2) is 42.7 Å². The molecule has 0 unspecified atom stereocenters. The summed E-state index contributed by atoms with van der Waals surface area (Å²) in [6.07, 6.45) is 12.2. The van der Waals surface area contributed by atoms with E-state index >= 15 is 0 Å². The molecule has 0 bridgehead atoms. The van der Waals surface area contributed by atoms with Crippen LogP contribution in [0.5, 0.6) is 0 Å². The first-order valence-corrected chi connectivity index (χ1v) is 11.5. The van der Waals surface area contributed by atoms with Crippen molar-refractivity contribution in [3.63, 3.8) is 0 Å². The Labute approximate surface area is 185 Å². The van der Waals surface area contributed by atoms with Crippen LogP contribution in [0.4, 0.5) is 5.69 Å². The van der Waals surface area contributed by atoms with Gasteiger partial charge in [-0.05, 0) is 56.2 Å². The molecule has 3 N–H and O–H groups in total. The molecule has 158 valence electrons. The van der Waals surface area contributed by atoms with Crippen molar-refractivity contribution in [1.82, 2.24) is 15.6 Å². The Morgan fingerprint density at radius 1 is 1.20 bits per heavy atom. The number of carbonyl (C=O) groups is 2. The van der Waals surface area contributed by atoms with E-state index < -0.39 is 6.04 Å². The first-order valence-electron chi connectivity index (χ1n) is 10.3. The minimum absolute atomic E-state index is 0.0651. The number of anilines is 1. The molecule has 8 heteroatoms. The van der Waals surface area contributed by atoms with Gasteiger partial charge in [-0.25, -0.2) is 0 Å². The molecule has 0 saturated heterocycles. The summed E-state index contributed by atoms with van der Waals surface area (Å²) < 4.78 is 0. The van der Waals surface area contributed by atoms with E-state index in [1.807, 2.05) is 6.07 Å². The second-order valence-electron chi connectivity index (χ2n) is 7.86. The average Bonchev–Trinajstić information content (AvgIpc) is 3.18. The molecule has 0 aliphatic heterocycles. The normalized spacial score (nSPS) is 17.0. The second-order valence-corrected chi connectivity index (χ2v) is 9.47. The molecular weight excluding hydrogens is 420 g/mol. The zero-order valence-electron chi connectivity index (χ0n) is 16.6. The van der Waals surface area contributed by atoms with Crippen molar-refractivity contribution in [2.75, 3.05) is 5.32 Å². The number of allylic oxidation sites excluding steroid dienone is 2. The number of nitrogens with one attached hydrogen (secondary N) is 3. The second kappa shape index (κ2) is 9.62. The third-order valence-corrected chi connectivity index (χ3v) is 6.57. The molecule has 2 heterocycles. The van der Waals surface area contributed by atoms with Gasteiger partial charge in [0.05, 0.1) is 21.8 Å². The summed E-state index contributed by atoms with van der Waals surface area (Å²) in [7, 11) is 0. The fourth-order valence-corrected chi connectivity index (χ4v) is 4.51. The Morgan fingerprint density at radius 3 is 2.73 bits per heavy atom. The molecule has 2 aromatic rings. The zero-order chi connectivity index (χ0) is 20.9. The van der Waals surface area contributed by atoms with Gasteiger partial charge in [0.2, 0.25) is 5.91 Å². The fraction of sp³-hybridized carbons (Fsp3) is 0.409. The smallest absolute Gasteiger partial charge is 0.262 e. The molecule has 0 spiro atoms. The van der Waals surface area contributed by atoms with Gasteiger partial charge in [0.1, 0.15) is 6.04 Å². The Kier molecular flexibility index (Phi) is 6.69. The quantitative estimate of drug-likeness (QED) is 0.507. The lowest BCUT2D eigenvalue weighted by Gasteiger charge is -2.21. The molecule has 2 aliphatic rings. The van der Waals surface area contributed by atoms with E-state index in [2.05, 4.69) is 33.1 Å². The lowest BCUT2D eigenvalue weighted by Crippen LogP contribution is -2.48. The van der Waals surface area contributed by atoms with Gasteiger partial charge < -0.3 is 16.0 Å². The number of rotatable bonds is 9. The monoisotopic (exact) mass is 444 g/mol. The van der Waals surface area contributed by atoms with Crippen LogP contribution in [-0.2, 0) is 11.3 Å². The Balaban J connectivity index is 1.35. The predicted molar refractivity (Wildman–Crippen MR) is 120 cm³/mol. The van der Waals surface area contributed by atoms with Gasteiger partial charge in [-0.2, -0.15) is 0 Å². The van der Waals surface area contributed by atoms with E-state index in [0.717, 1.165) is 36.2 Å². The summed E-state index contributed by atoms with van der Waals surface area (Å²) in [6.45, 7) is 0.569. The average molecular weight is 445 g/mol. The third kappa shape index (κ3) is 5.83. The van der Waals surface area contributed by atoms with Gasteiger partial charge in [0.15, 0.2) is 0 Å². The van der Waals surface area contributed by atoms with Gasteiger partial charge in [-0.1, -0.05) is 23.8 Å². The number of amides is 2. The summed E-state index contributed by atoms with van der Waals surface area (Å²) in [5.74, 6) is 0.150. The molecule has 6 nitrogen and oxygen atoms in total. The van der Waals surface area contributed by atoms with Crippen molar-refractivity contribution in [1.29, 1.82) is 0 Å². The van der Waals surface area contributed by atoms with Crippen LogP contribution in [0.2, 0.25) is 5.02 Å². The fourth-order valence-electron chi connectivity index (χ4n) is 3.48. The van der Waals surface area contributed by atoms with E-state index in [4.69, 9.17) is 11.6 Å². The molecule has 2 aromatic heterocycles. The van der Waals surface area contributed by atoms with Gasteiger partial charge >= 0.3 is 0 Å². The molecule has 1 saturated carbocycles. The van der Waals surface area contributed by atoms with Crippen molar-refractivity contribution < 1.29 is 9.59 Å². The number of hydrogen-bond acceptors (Lipinski definition) is 5. The Morgan fingerprint density at radius 2 is 2.00 bits per heavy atom. The maximum absolute atomic E-state index is 12.8. The number of nitrogens with zero attached hydrogens (tertiary/aromatic N) is 1. The SMILES string of the molecule is O=C(N[C@@H](CC1CC=CC1)C(=O)NC1CC1)c1ccc(CNc2cncc(Cl)c2)s1. The van der Waals surface area contributed by atoms with Crippen molar-refractivity contribution >= 4 is 40.4 Å². The van der Waals surface area contributed by atoms with Crippen LogP contribution in [0, 0.1) is 5.92 Å². The maximum Gasteiger partial charge on any atom is 0.262 e. The summed E-state index contributed by atoms with van der Waals surface area (Å²) >= 11 is 7.37. The van der Waals surface area contributed by atoms with Crippen LogP contribution in [0.25, 0.3) is 0 Å². The molecule has 2 aliphatic carbocycles. The van der Waals surface area contributed by atoms with Gasteiger partial charge in [-0.15, -0.1) is 11.3 Å². The first-order chi connectivity index (χ1) is 14.6. The van der Waals surface area contributed by atoms with Crippen molar-refractivity contribution in [2.45, 2.75) is 50.7 Å². The molecule has 30 heavy (non-hydrogen) atoms. The summed E-state index contributed by atoms with van der Waals surface area (Å²) in [5, 5.41) is 9.83. The number of thiophene rings is 1. The molecule has 1 fully saturated rings. The zero-order valence-corrected chi connectivity index (χ0v) is 18.1. The highest BCUT2D eigenvalue weighted by Gasteiger charge is 2.30. The number of hydrogen-bond donors (Lipinski definition) is 3. The molecule has 1 atom stereocenters. The van der Waals surface area contributed by atoms with Crippen LogP contribution in [0.1, 0.15) is 46.7 Å². The number of carbonyl (C=O) groups excluding carboxylic acids is 2. The highest BCUT2D eigenvalue weighted by molar-refractivity contribution is 7.14. The van der Waals surface area contributed by atoms with Gasteiger partial charge in [0.25, 0.3) is 5.91 Å². The van der Waals surface area contributed by atoms with E-state index in [9.17, 15) is 9.59 Å². The lowest BCUT2D eigenvalue weighted by atomic mass is 9.97. The standard InChI is InChI=1S/C22H25ClN4O2S/c23-15-10-17(12-24-11-15)25-13-18-7-8-20(30-18)22(29)27-19(9-14-3-1-2-4-14)21(28)26-16-5-6-16/h1-2,7-8,10-12,14,16,19,25H,3-6,9,13H2,(H,26,28)(H,27,29)/t19-/m0/s1. The topological polar surface area (TPSA) is 83.1 Å². The van der Waals surface area contributed by atoms with Gasteiger partial charge in [0, 0.05) is 23.7 Å². The Hall–Kier alpha value is -2.38. The van der Waals surface area contributed by atoms with E-state index in [-0.39, 0.29) is 17.9 Å². The highest BCUT2D eigenvalue weighted by atomic mass is 35.5. The van der Waals surface area contributed by atoms with E-state index in [0.29, 0.717) is 28.8 Å². The van der Waals surface area contributed by atoms with Crippen LogP contribution >= 0.6 is 22.9 Å². The van der Waals surface area contributed by atoms with E-state index in [1.54, 1.807) is 24.5 Å². The van der Waals surface area contributed by atoms with Gasteiger partial charge in [-0.3, -0.25) is 14.6 Å². The third-order valence-electron chi connectivity index (χ3n) is 5.28. The number of aromatic nitrogens is 1. The number of pyridine rings is 1. The van der Waals surface area contributed by atoms with Crippen LogP contribution < -0.4 is 16.0 Å². The minimum Gasteiger partial charge on any atom is -0.379 e. The van der Waals surface area contributed by atoms with Crippen molar-refractivity contribution in [2.24, 2.45) is 5.92 Å².